The molecule has 3 aromatic rings. The largest absolute Gasteiger partial charge is 0.618 e. The van der Waals surface area contributed by atoms with Gasteiger partial charge in [0.2, 0.25) is 10.0 Å². The van der Waals surface area contributed by atoms with Crippen molar-refractivity contribution in [2.75, 3.05) is 32.0 Å². The molecular formula is C31H34F2N4O8S2. The van der Waals surface area contributed by atoms with Gasteiger partial charge in [0.15, 0.2) is 28.8 Å². The Morgan fingerprint density at radius 1 is 1.09 bits per heavy atom. The second-order valence-electron chi connectivity index (χ2n) is 11.6. The summed E-state index contributed by atoms with van der Waals surface area (Å²) in [4.78, 5) is 30.8. The first-order chi connectivity index (χ1) is 22.6. The summed E-state index contributed by atoms with van der Waals surface area (Å²) >= 11 is 1.08. The number of esters is 1. The van der Waals surface area contributed by atoms with Crippen LogP contribution in [0.15, 0.2) is 59.8 Å². The number of carbonyl (C=O) groups is 2. The zero-order valence-corrected chi connectivity index (χ0v) is 26.9. The van der Waals surface area contributed by atoms with Crippen molar-refractivity contribution in [3.63, 3.8) is 0 Å². The molecule has 0 radical (unpaired) electrons. The molecule has 1 aromatic carbocycles. The van der Waals surface area contributed by atoms with Crippen LogP contribution in [0.2, 0.25) is 0 Å². The summed E-state index contributed by atoms with van der Waals surface area (Å²) in [7, 11) is -4.22. The Kier molecular flexibility index (Phi) is 9.89. The van der Waals surface area contributed by atoms with Gasteiger partial charge in [-0.1, -0.05) is 12.1 Å². The molecule has 2 saturated heterocycles. The van der Waals surface area contributed by atoms with Crippen molar-refractivity contribution in [3.8, 4) is 11.5 Å². The number of amides is 1. The zero-order chi connectivity index (χ0) is 33.1. The topological polar surface area (TPSA) is 145 Å². The minimum atomic E-state index is -4.22. The number of hydrogen-bond acceptors (Lipinski definition) is 9. The molecule has 3 aliphatic rings. The van der Waals surface area contributed by atoms with Crippen LogP contribution in [0.5, 0.6) is 11.5 Å². The molecule has 2 aliphatic heterocycles. The number of rotatable bonds is 13. The van der Waals surface area contributed by atoms with E-state index in [9.17, 15) is 32.0 Å². The fourth-order valence-electron chi connectivity index (χ4n) is 5.52. The quantitative estimate of drug-likeness (QED) is 0.160. The molecule has 0 unspecified atom stereocenters. The smallest absolute Gasteiger partial charge is 0.387 e. The van der Waals surface area contributed by atoms with E-state index < -0.39 is 34.1 Å². The summed E-state index contributed by atoms with van der Waals surface area (Å²) in [5.41, 5.74) is 0.733. The number of pyridine rings is 1. The summed E-state index contributed by atoms with van der Waals surface area (Å²) in [6, 6.07) is 10.2. The van der Waals surface area contributed by atoms with Gasteiger partial charge in [0, 0.05) is 43.7 Å². The Morgan fingerprint density at radius 2 is 1.87 bits per heavy atom. The van der Waals surface area contributed by atoms with Crippen molar-refractivity contribution < 1.29 is 45.7 Å². The van der Waals surface area contributed by atoms with Gasteiger partial charge in [-0.05, 0) is 55.4 Å². The Labute approximate surface area is 274 Å². The van der Waals surface area contributed by atoms with Crippen molar-refractivity contribution in [1.82, 2.24) is 14.2 Å². The fourth-order valence-corrected chi connectivity index (χ4v) is 8.56. The van der Waals surface area contributed by atoms with Crippen LogP contribution in [0, 0.1) is 11.1 Å². The zero-order valence-electron chi connectivity index (χ0n) is 25.3. The monoisotopic (exact) mass is 692 g/mol. The Balaban J connectivity index is 1.25. The van der Waals surface area contributed by atoms with Crippen LogP contribution in [-0.2, 0) is 26.0 Å². The first-order valence-electron chi connectivity index (χ1n) is 15.3. The van der Waals surface area contributed by atoms with Crippen LogP contribution in [-0.4, -0.2) is 78.5 Å². The van der Waals surface area contributed by atoms with E-state index in [1.165, 1.54) is 36.7 Å². The number of benzene rings is 1. The predicted molar refractivity (Wildman–Crippen MR) is 165 cm³/mol. The van der Waals surface area contributed by atoms with E-state index >= 15 is 0 Å². The third kappa shape index (κ3) is 7.65. The number of hydrogen-bond donors (Lipinski definition) is 1. The Bertz CT molecular complexity index is 1710. The maximum absolute atomic E-state index is 13.7. The molecule has 2 aromatic heterocycles. The molecule has 2 atom stereocenters. The van der Waals surface area contributed by atoms with E-state index in [-0.39, 0.29) is 46.7 Å². The van der Waals surface area contributed by atoms with Gasteiger partial charge in [0.05, 0.1) is 13.0 Å². The highest BCUT2D eigenvalue weighted by Crippen LogP contribution is 2.38. The molecular weight excluding hydrogens is 658 g/mol. The summed E-state index contributed by atoms with van der Waals surface area (Å²) in [6.07, 6.45) is 5.00. The second kappa shape index (κ2) is 14.1. The molecule has 0 spiro atoms. The highest BCUT2D eigenvalue weighted by Gasteiger charge is 2.43. The average molecular weight is 693 g/mol. The molecule has 1 amide bonds. The van der Waals surface area contributed by atoms with Crippen molar-refractivity contribution in [2.45, 2.75) is 55.1 Å². The van der Waals surface area contributed by atoms with E-state index in [2.05, 4.69) is 9.72 Å². The number of alkyl halides is 2. The number of H-pyrrole nitrogens is 1. The molecule has 1 N–H and O–H groups in total. The van der Waals surface area contributed by atoms with E-state index in [0.29, 0.717) is 41.7 Å². The third-order valence-corrected chi connectivity index (χ3v) is 11.4. The molecule has 3 fully saturated rings. The van der Waals surface area contributed by atoms with Crippen LogP contribution >= 0.6 is 11.8 Å². The number of carbonyl (C=O) groups excluding carboxylic acids is 2. The van der Waals surface area contributed by atoms with Crippen LogP contribution in [0.1, 0.15) is 53.5 Å². The van der Waals surface area contributed by atoms with Gasteiger partial charge in [-0.15, -0.1) is 11.8 Å². The van der Waals surface area contributed by atoms with Crippen LogP contribution in [0.4, 0.5) is 8.78 Å². The summed E-state index contributed by atoms with van der Waals surface area (Å²) < 4.78 is 71.8. The number of nitrogens with one attached hydrogen (secondary N) is 1. The molecule has 1 saturated carbocycles. The van der Waals surface area contributed by atoms with Gasteiger partial charge in [-0.3, -0.25) is 4.79 Å². The summed E-state index contributed by atoms with van der Waals surface area (Å²) in [6.45, 7) is -1.58. The second-order valence-corrected chi connectivity index (χ2v) is 14.7. The maximum Gasteiger partial charge on any atom is 0.387 e. The minimum Gasteiger partial charge on any atom is -0.618 e. The van der Waals surface area contributed by atoms with Gasteiger partial charge in [0.25, 0.3) is 5.91 Å². The molecule has 6 rings (SSSR count). The number of thioether (sulfide) groups is 1. The lowest BCUT2D eigenvalue weighted by Crippen LogP contribution is -2.41. The number of ether oxygens (including phenoxy) is 3. The Morgan fingerprint density at radius 3 is 2.60 bits per heavy atom. The molecule has 16 heteroatoms. The maximum atomic E-state index is 13.7. The van der Waals surface area contributed by atoms with Crippen molar-refractivity contribution in [3.05, 3.63) is 77.0 Å². The molecule has 252 valence electrons. The normalized spacial score (nSPS) is 19.2. The number of nitrogens with zero attached hydrogens (tertiary/aromatic N) is 3. The lowest BCUT2D eigenvalue weighted by molar-refractivity contribution is -0.614. The molecule has 4 heterocycles. The standard InChI is InChI=1S/C31H34F2N4O8S2/c32-31(33)45-25-9-8-21(15-27(25)43-19-20-6-7-20)26(16-22-5-1-2-12-36(22)40)44-30(39)29-37(13-14-46-29)47(41,42)23-17-24(34-18-23)28(38)35-10-3-4-11-35/h1-2,5,8-9,12,15,17-18,20,26,29,31,34H,3-4,6-7,10-11,13-14,16,19H2/t26-,29-/m0/s1. The van der Waals surface area contributed by atoms with Crippen molar-refractivity contribution >= 4 is 33.7 Å². The fraction of sp³-hybridized carbons (Fsp3) is 0.452. The Hall–Kier alpha value is -3.89. The number of likely N-dealkylation sites (tertiary alicyclic amines) is 1. The highest BCUT2D eigenvalue weighted by molar-refractivity contribution is 8.02. The van der Waals surface area contributed by atoms with Crippen molar-refractivity contribution in [1.29, 1.82) is 0 Å². The molecule has 47 heavy (non-hydrogen) atoms. The molecule has 12 nitrogen and oxygen atoms in total. The minimum absolute atomic E-state index is 0.0239. The van der Waals surface area contributed by atoms with Crippen molar-refractivity contribution in [2.24, 2.45) is 5.92 Å². The lowest BCUT2D eigenvalue weighted by Gasteiger charge is -2.25. The number of aromatic nitrogens is 2. The summed E-state index contributed by atoms with van der Waals surface area (Å²) in [5, 5.41) is 11.3. The van der Waals surface area contributed by atoms with E-state index in [1.807, 2.05) is 0 Å². The van der Waals surface area contributed by atoms with Crippen LogP contribution in [0.3, 0.4) is 0 Å². The van der Waals surface area contributed by atoms with E-state index in [1.54, 1.807) is 23.1 Å². The number of aromatic amines is 1. The lowest BCUT2D eigenvalue weighted by atomic mass is 10.0. The number of sulfonamides is 1. The SMILES string of the molecule is O=C(O[C@@H](Cc1cccc[n+]1[O-])c1ccc(OC(F)F)c(OCC2CC2)c1)[C@@H]1SCCN1S(=O)(=O)c1c[nH]c(C(=O)N2CCCC2)c1. The van der Waals surface area contributed by atoms with Gasteiger partial charge in [0.1, 0.15) is 16.7 Å². The van der Waals surface area contributed by atoms with Gasteiger partial charge in [-0.2, -0.15) is 17.8 Å². The first-order valence-corrected chi connectivity index (χ1v) is 17.8. The molecule has 1 aliphatic carbocycles. The van der Waals surface area contributed by atoms with E-state index in [4.69, 9.17) is 9.47 Å². The van der Waals surface area contributed by atoms with Crippen LogP contribution < -0.4 is 14.2 Å². The third-order valence-electron chi connectivity index (χ3n) is 8.22. The summed E-state index contributed by atoms with van der Waals surface area (Å²) in [5.74, 6) is -0.702. The van der Waals surface area contributed by atoms with Gasteiger partial charge < -0.3 is 29.3 Å². The average Bonchev–Trinajstić information content (AvgIpc) is 3.46. The number of halogens is 2. The van der Waals surface area contributed by atoms with Crippen LogP contribution in [0.25, 0.3) is 0 Å². The van der Waals surface area contributed by atoms with Gasteiger partial charge >= 0.3 is 12.6 Å². The van der Waals surface area contributed by atoms with Gasteiger partial charge in [-0.25, -0.2) is 13.2 Å². The first kappa shape index (κ1) is 33.0. The van der Waals surface area contributed by atoms with E-state index in [0.717, 1.165) is 41.8 Å². The molecule has 0 bridgehead atoms. The predicted octanol–water partition coefficient (Wildman–Crippen LogP) is 3.87. The highest BCUT2D eigenvalue weighted by atomic mass is 32.2.